The SMILES string of the molecule is CC(C=O)c1c(Cl)ncnc1Nc1ccc(S(C)(=O)=O)cc1. The molecule has 2 rings (SSSR count). The van der Waals surface area contributed by atoms with Crippen LogP contribution in [0.15, 0.2) is 35.5 Å². The van der Waals surface area contributed by atoms with E-state index in [9.17, 15) is 13.2 Å². The summed E-state index contributed by atoms with van der Waals surface area (Å²) in [7, 11) is -3.25. The number of carbonyl (C=O) groups excluding carboxylic acids is 1. The second kappa shape index (κ2) is 6.41. The smallest absolute Gasteiger partial charge is 0.175 e. The van der Waals surface area contributed by atoms with Gasteiger partial charge in [-0.1, -0.05) is 18.5 Å². The van der Waals surface area contributed by atoms with E-state index in [1.165, 1.54) is 18.5 Å². The Balaban J connectivity index is 2.35. The van der Waals surface area contributed by atoms with Crippen LogP contribution in [0.1, 0.15) is 18.4 Å². The predicted octanol–water partition coefficient (Wildman–Crippen LogP) is 2.58. The molecule has 0 aliphatic carbocycles. The maximum Gasteiger partial charge on any atom is 0.175 e. The van der Waals surface area contributed by atoms with Crippen molar-refractivity contribution in [2.24, 2.45) is 0 Å². The number of hydrogen-bond donors (Lipinski definition) is 1. The first-order chi connectivity index (χ1) is 10.3. The maximum absolute atomic E-state index is 11.4. The molecule has 6 nitrogen and oxygen atoms in total. The summed E-state index contributed by atoms with van der Waals surface area (Å²) in [5.74, 6) is -0.0572. The molecule has 0 spiro atoms. The summed E-state index contributed by atoms with van der Waals surface area (Å²) in [4.78, 5) is 19.2. The fourth-order valence-electron chi connectivity index (χ4n) is 1.87. The Morgan fingerprint density at radius 2 is 1.86 bits per heavy atom. The number of aldehydes is 1. The van der Waals surface area contributed by atoms with Crippen LogP contribution in [0.5, 0.6) is 0 Å². The van der Waals surface area contributed by atoms with E-state index in [1.807, 2.05) is 0 Å². The molecule has 0 aliphatic rings. The molecule has 1 N–H and O–H groups in total. The van der Waals surface area contributed by atoms with Crippen LogP contribution in [0.2, 0.25) is 5.15 Å². The molecule has 1 heterocycles. The molecule has 0 saturated carbocycles. The van der Waals surface area contributed by atoms with Crippen molar-refractivity contribution in [3.63, 3.8) is 0 Å². The average molecular weight is 340 g/mol. The van der Waals surface area contributed by atoms with Crippen molar-refractivity contribution in [3.8, 4) is 0 Å². The lowest BCUT2D eigenvalue weighted by molar-refractivity contribution is -0.108. The van der Waals surface area contributed by atoms with Gasteiger partial charge >= 0.3 is 0 Å². The summed E-state index contributed by atoms with van der Waals surface area (Å²) in [6.45, 7) is 1.69. The minimum atomic E-state index is -3.25. The van der Waals surface area contributed by atoms with Gasteiger partial charge in [-0.05, 0) is 24.3 Å². The zero-order valence-electron chi connectivity index (χ0n) is 11.9. The molecule has 2 aromatic rings. The topological polar surface area (TPSA) is 89.0 Å². The number of aromatic nitrogens is 2. The Kier molecular flexibility index (Phi) is 4.77. The van der Waals surface area contributed by atoms with Crippen LogP contribution in [-0.2, 0) is 14.6 Å². The Morgan fingerprint density at radius 3 is 2.41 bits per heavy atom. The van der Waals surface area contributed by atoms with Gasteiger partial charge in [0.15, 0.2) is 9.84 Å². The highest BCUT2D eigenvalue weighted by atomic mass is 35.5. The normalized spacial score (nSPS) is 12.7. The van der Waals surface area contributed by atoms with Crippen LogP contribution >= 0.6 is 11.6 Å². The van der Waals surface area contributed by atoms with Gasteiger partial charge in [-0.3, -0.25) is 0 Å². The largest absolute Gasteiger partial charge is 0.340 e. The molecule has 1 aromatic carbocycles. The molecule has 1 aromatic heterocycles. The first-order valence-corrected chi connectivity index (χ1v) is 8.62. The summed E-state index contributed by atoms with van der Waals surface area (Å²) in [5, 5.41) is 3.22. The monoisotopic (exact) mass is 339 g/mol. The minimum Gasteiger partial charge on any atom is -0.340 e. The molecule has 116 valence electrons. The average Bonchev–Trinajstić information content (AvgIpc) is 2.46. The molecule has 8 heteroatoms. The first-order valence-electron chi connectivity index (χ1n) is 6.35. The molecule has 0 fully saturated rings. The number of carbonyl (C=O) groups is 1. The molecule has 0 radical (unpaired) electrons. The van der Waals surface area contributed by atoms with Crippen LogP contribution < -0.4 is 5.32 Å². The number of anilines is 2. The second-order valence-electron chi connectivity index (χ2n) is 4.77. The number of rotatable bonds is 5. The number of nitrogens with one attached hydrogen (secondary N) is 1. The highest BCUT2D eigenvalue weighted by molar-refractivity contribution is 7.90. The molecule has 0 bridgehead atoms. The number of hydrogen-bond acceptors (Lipinski definition) is 6. The molecular weight excluding hydrogens is 326 g/mol. The quantitative estimate of drug-likeness (QED) is 0.665. The van der Waals surface area contributed by atoms with Gasteiger partial charge in [-0.25, -0.2) is 18.4 Å². The summed E-state index contributed by atoms with van der Waals surface area (Å²) >= 11 is 6.03. The van der Waals surface area contributed by atoms with E-state index < -0.39 is 15.8 Å². The molecule has 0 aliphatic heterocycles. The van der Waals surface area contributed by atoms with Crippen LogP contribution in [0.4, 0.5) is 11.5 Å². The van der Waals surface area contributed by atoms with Crippen LogP contribution in [0, 0.1) is 0 Å². The summed E-state index contributed by atoms with van der Waals surface area (Å²) in [6, 6.07) is 6.20. The highest BCUT2D eigenvalue weighted by Gasteiger charge is 2.16. The van der Waals surface area contributed by atoms with Gasteiger partial charge in [0.2, 0.25) is 0 Å². The second-order valence-corrected chi connectivity index (χ2v) is 7.15. The lowest BCUT2D eigenvalue weighted by Gasteiger charge is -2.13. The van der Waals surface area contributed by atoms with E-state index in [4.69, 9.17) is 11.6 Å². The lowest BCUT2D eigenvalue weighted by atomic mass is 10.1. The maximum atomic E-state index is 11.4. The van der Waals surface area contributed by atoms with E-state index in [2.05, 4.69) is 15.3 Å². The molecular formula is C14H14ClN3O3S. The minimum absolute atomic E-state index is 0.199. The van der Waals surface area contributed by atoms with Crippen molar-refractivity contribution in [2.75, 3.05) is 11.6 Å². The van der Waals surface area contributed by atoms with Gasteiger partial charge in [-0.15, -0.1) is 0 Å². The van der Waals surface area contributed by atoms with Crippen LogP contribution in [-0.4, -0.2) is 30.9 Å². The third-order valence-electron chi connectivity index (χ3n) is 3.04. The summed E-state index contributed by atoms with van der Waals surface area (Å²) in [6.07, 6.45) is 3.18. The van der Waals surface area contributed by atoms with Crippen molar-refractivity contribution in [1.82, 2.24) is 9.97 Å². The van der Waals surface area contributed by atoms with Gasteiger partial charge < -0.3 is 10.1 Å². The van der Waals surface area contributed by atoms with Crippen molar-refractivity contribution in [2.45, 2.75) is 17.7 Å². The van der Waals surface area contributed by atoms with Gasteiger partial charge in [0.25, 0.3) is 0 Å². The Labute approximate surface area is 133 Å². The molecule has 1 unspecified atom stereocenters. The third-order valence-corrected chi connectivity index (χ3v) is 4.47. The first kappa shape index (κ1) is 16.4. The van der Waals surface area contributed by atoms with Gasteiger partial charge in [0, 0.05) is 23.4 Å². The number of sulfone groups is 1. The zero-order valence-corrected chi connectivity index (χ0v) is 13.5. The van der Waals surface area contributed by atoms with Crippen LogP contribution in [0.25, 0.3) is 0 Å². The lowest BCUT2D eigenvalue weighted by Crippen LogP contribution is -2.06. The molecule has 22 heavy (non-hydrogen) atoms. The van der Waals surface area contributed by atoms with Crippen molar-refractivity contribution in [1.29, 1.82) is 0 Å². The van der Waals surface area contributed by atoms with E-state index in [-0.39, 0.29) is 10.0 Å². The predicted molar refractivity (Wildman–Crippen MR) is 84.4 cm³/mol. The summed E-state index contributed by atoms with van der Waals surface area (Å²) < 4.78 is 22.9. The Morgan fingerprint density at radius 1 is 1.23 bits per heavy atom. The molecule has 0 amide bonds. The van der Waals surface area contributed by atoms with Crippen molar-refractivity contribution >= 4 is 39.2 Å². The molecule has 1 atom stereocenters. The molecule has 0 saturated heterocycles. The van der Waals surface area contributed by atoms with E-state index in [0.717, 1.165) is 12.5 Å². The van der Waals surface area contributed by atoms with E-state index in [1.54, 1.807) is 19.1 Å². The van der Waals surface area contributed by atoms with Crippen LogP contribution in [0.3, 0.4) is 0 Å². The Hall–Kier alpha value is -1.99. The van der Waals surface area contributed by atoms with Gasteiger partial charge in [-0.2, -0.15) is 0 Å². The van der Waals surface area contributed by atoms with E-state index >= 15 is 0 Å². The van der Waals surface area contributed by atoms with Gasteiger partial charge in [0.05, 0.1) is 4.90 Å². The third kappa shape index (κ3) is 3.61. The van der Waals surface area contributed by atoms with Crippen molar-refractivity contribution in [3.05, 3.63) is 41.3 Å². The van der Waals surface area contributed by atoms with Gasteiger partial charge in [0.1, 0.15) is 23.6 Å². The Bertz CT molecular complexity index is 791. The van der Waals surface area contributed by atoms with E-state index in [0.29, 0.717) is 17.1 Å². The zero-order chi connectivity index (χ0) is 16.3. The standard InChI is InChI=1S/C14H14ClN3O3S/c1-9(7-19)12-13(15)16-8-17-14(12)18-10-3-5-11(6-4-10)22(2,20)21/h3-9H,1-2H3,(H,16,17,18). The number of nitrogens with zero attached hydrogens (tertiary/aromatic N) is 2. The highest BCUT2D eigenvalue weighted by Crippen LogP contribution is 2.29. The van der Waals surface area contributed by atoms with Crippen molar-refractivity contribution < 1.29 is 13.2 Å². The number of benzene rings is 1. The fraction of sp³-hybridized carbons (Fsp3) is 0.214. The fourth-order valence-corrected chi connectivity index (χ4v) is 2.80. The number of halogens is 1. The summed E-state index contributed by atoms with van der Waals surface area (Å²) in [5.41, 5.74) is 1.12.